The number of aromatic nitrogens is 1. The maximum Gasteiger partial charge on any atom is 0.0734 e. The predicted molar refractivity (Wildman–Crippen MR) is 282 cm³/mol. The molecule has 0 bridgehead atoms. The van der Waals surface area contributed by atoms with Gasteiger partial charge in [-0.15, -0.1) is 0 Å². The molecule has 0 atom stereocenters. The Hall–Kier alpha value is -8.72. The lowest BCUT2D eigenvalue weighted by Crippen LogP contribution is -2.29. The summed E-state index contributed by atoms with van der Waals surface area (Å²) < 4.78 is 2.54. The fourth-order valence-corrected chi connectivity index (χ4v) is 11.0. The van der Waals surface area contributed by atoms with Gasteiger partial charge in [0.15, 0.2) is 0 Å². The molecule has 12 aromatic rings. The summed E-state index contributed by atoms with van der Waals surface area (Å²) in [5.41, 5.74) is 19.8. The number of nitrogens with one attached hydrogen (secondary N) is 1. The molecule has 2 heteroatoms. The fourth-order valence-electron chi connectivity index (χ4n) is 11.0. The molecule has 13 rings (SSSR count). The van der Waals surface area contributed by atoms with Gasteiger partial charge in [0.25, 0.3) is 0 Å². The van der Waals surface area contributed by atoms with Gasteiger partial charge in [0, 0.05) is 39.0 Å². The van der Waals surface area contributed by atoms with Crippen molar-refractivity contribution in [3.8, 4) is 50.2 Å². The van der Waals surface area contributed by atoms with Gasteiger partial charge in [-0.3, -0.25) is 0 Å². The Balaban J connectivity index is 1.06. The van der Waals surface area contributed by atoms with E-state index in [-0.39, 0.29) is 0 Å². The minimum Gasteiger partial charge on any atom is -0.355 e. The third-order valence-corrected chi connectivity index (χ3v) is 14.0. The quantitative estimate of drug-likeness (QED) is 0.161. The molecule has 0 fully saturated rings. The van der Waals surface area contributed by atoms with E-state index in [0.29, 0.717) is 0 Å². The van der Waals surface area contributed by atoms with Crippen LogP contribution in [0.5, 0.6) is 0 Å². The number of anilines is 2. The third-order valence-electron chi connectivity index (χ3n) is 14.0. The number of fused-ring (bicyclic) bond motifs is 8. The van der Waals surface area contributed by atoms with E-state index < -0.39 is 5.41 Å². The van der Waals surface area contributed by atoms with E-state index in [9.17, 15) is 0 Å². The molecular formula is C65H44N2. The van der Waals surface area contributed by atoms with Crippen LogP contribution >= 0.6 is 0 Å². The zero-order valence-electron chi connectivity index (χ0n) is 36.8. The molecular weight excluding hydrogens is 809 g/mol. The van der Waals surface area contributed by atoms with Crippen molar-refractivity contribution in [1.82, 2.24) is 4.57 Å². The summed E-state index contributed by atoms with van der Waals surface area (Å²) in [6, 6.07) is 95.8. The van der Waals surface area contributed by atoms with Gasteiger partial charge in [0.2, 0.25) is 0 Å². The molecule has 0 amide bonds. The van der Waals surface area contributed by atoms with Gasteiger partial charge < -0.3 is 9.88 Å². The lowest BCUT2D eigenvalue weighted by Gasteiger charge is -2.34. The smallest absolute Gasteiger partial charge is 0.0734 e. The van der Waals surface area contributed by atoms with E-state index in [2.05, 4.69) is 271 Å². The van der Waals surface area contributed by atoms with Gasteiger partial charge in [0.1, 0.15) is 0 Å². The van der Waals surface area contributed by atoms with Crippen molar-refractivity contribution < 1.29 is 0 Å². The normalized spacial score (nSPS) is 12.6. The molecule has 0 aliphatic heterocycles. The standard InChI is InChI=1S/C65H44N2/c1-5-17-44(18-6-1)46-30-35-54(36-31-46)67-62-40-33-50(49-32-39-61(58(42-49)47-20-7-2-8-21-47)66-53-34-29-45-19-13-14-22-48(45)41-53)43-59(62)57-38-37-56-55-27-15-16-28-60(55)65(63(56)64(57)67,51-23-9-3-10-24-51)52-25-11-4-12-26-52/h1-43,66H. The van der Waals surface area contributed by atoms with Gasteiger partial charge in [0.05, 0.1) is 16.4 Å². The lowest BCUT2D eigenvalue weighted by molar-refractivity contribution is 0.772. The molecule has 314 valence electrons. The number of benzene rings is 11. The summed E-state index contributed by atoms with van der Waals surface area (Å²) in [6.45, 7) is 0. The van der Waals surface area contributed by atoms with Gasteiger partial charge in [-0.25, -0.2) is 0 Å². The highest BCUT2D eigenvalue weighted by Crippen LogP contribution is 2.59. The van der Waals surface area contributed by atoms with Gasteiger partial charge >= 0.3 is 0 Å². The first kappa shape index (κ1) is 38.7. The molecule has 1 N–H and O–H groups in total. The van der Waals surface area contributed by atoms with Crippen LogP contribution in [0.3, 0.4) is 0 Å². The highest BCUT2D eigenvalue weighted by atomic mass is 15.0. The van der Waals surface area contributed by atoms with E-state index >= 15 is 0 Å². The first-order valence-corrected chi connectivity index (χ1v) is 23.2. The zero-order valence-corrected chi connectivity index (χ0v) is 36.8. The number of rotatable bonds is 8. The van der Waals surface area contributed by atoms with Crippen LogP contribution in [-0.4, -0.2) is 4.57 Å². The number of hydrogen-bond donors (Lipinski definition) is 1. The van der Waals surface area contributed by atoms with E-state index in [4.69, 9.17) is 0 Å². The average Bonchev–Trinajstić information content (AvgIpc) is 3.90. The second-order valence-corrected chi connectivity index (χ2v) is 17.7. The summed E-state index contributed by atoms with van der Waals surface area (Å²) in [6.07, 6.45) is 0. The minimum absolute atomic E-state index is 0.578. The van der Waals surface area contributed by atoms with E-state index in [1.54, 1.807) is 0 Å². The van der Waals surface area contributed by atoms with Crippen LogP contribution in [0, 0.1) is 0 Å². The molecule has 2 nitrogen and oxygen atoms in total. The maximum atomic E-state index is 3.79. The second kappa shape index (κ2) is 15.8. The number of hydrogen-bond acceptors (Lipinski definition) is 1. The van der Waals surface area contributed by atoms with Crippen molar-refractivity contribution in [2.45, 2.75) is 5.41 Å². The summed E-state index contributed by atoms with van der Waals surface area (Å²) in [7, 11) is 0. The fraction of sp³-hybridized carbons (Fsp3) is 0.0154. The molecule has 11 aromatic carbocycles. The lowest BCUT2D eigenvalue weighted by atomic mass is 9.67. The van der Waals surface area contributed by atoms with Crippen molar-refractivity contribution in [2.24, 2.45) is 0 Å². The summed E-state index contributed by atoms with van der Waals surface area (Å²) >= 11 is 0. The first-order valence-electron chi connectivity index (χ1n) is 23.2. The molecule has 0 spiro atoms. The third kappa shape index (κ3) is 6.26. The van der Waals surface area contributed by atoms with Gasteiger partial charge in [-0.05, 0) is 115 Å². The molecule has 1 aliphatic rings. The first-order chi connectivity index (χ1) is 33.2. The van der Waals surface area contributed by atoms with Crippen molar-refractivity contribution in [2.75, 3.05) is 5.32 Å². The van der Waals surface area contributed by atoms with Crippen LogP contribution in [0.2, 0.25) is 0 Å². The molecule has 1 heterocycles. The molecule has 0 radical (unpaired) electrons. The van der Waals surface area contributed by atoms with Crippen molar-refractivity contribution >= 4 is 44.0 Å². The molecule has 1 aliphatic carbocycles. The molecule has 67 heavy (non-hydrogen) atoms. The van der Waals surface area contributed by atoms with Crippen LogP contribution in [0.25, 0.3) is 82.8 Å². The Bertz CT molecular complexity index is 3760. The van der Waals surface area contributed by atoms with E-state index in [0.717, 1.165) is 33.8 Å². The van der Waals surface area contributed by atoms with Gasteiger partial charge in [-0.2, -0.15) is 0 Å². The van der Waals surface area contributed by atoms with Crippen LogP contribution in [0.1, 0.15) is 22.3 Å². The van der Waals surface area contributed by atoms with Crippen LogP contribution in [-0.2, 0) is 5.41 Å². The van der Waals surface area contributed by atoms with Crippen LogP contribution in [0.15, 0.2) is 261 Å². The topological polar surface area (TPSA) is 17.0 Å². The molecule has 1 aromatic heterocycles. The summed E-state index contributed by atoms with van der Waals surface area (Å²) in [5.74, 6) is 0. The summed E-state index contributed by atoms with van der Waals surface area (Å²) in [5, 5.41) is 8.68. The Morgan fingerprint density at radius 1 is 0.343 bits per heavy atom. The van der Waals surface area contributed by atoms with E-state index in [1.165, 1.54) is 82.6 Å². The average molecular weight is 853 g/mol. The Morgan fingerprint density at radius 3 is 1.66 bits per heavy atom. The van der Waals surface area contributed by atoms with E-state index in [1.807, 2.05) is 0 Å². The maximum absolute atomic E-state index is 3.79. The highest BCUT2D eigenvalue weighted by molar-refractivity contribution is 6.15. The largest absolute Gasteiger partial charge is 0.355 e. The molecule has 0 unspecified atom stereocenters. The second-order valence-electron chi connectivity index (χ2n) is 17.7. The van der Waals surface area contributed by atoms with Crippen molar-refractivity contribution in [1.29, 1.82) is 0 Å². The minimum atomic E-state index is -0.578. The van der Waals surface area contributed by atoms with Gasteiger partial charge in [-0.1, -0.05) is 212 Å². The molecule has 0 saturated carbocycles. The monoisotopic (exact) mass is 852 g/mol. The predicted octanol–water partition coefficient (Wildman–Crippen LogP) is 17.0. The zero-order chi connectivity index (χ0) is 44.3. The Morgan fingerprint density at radius 2 is 0.925 bits per heavy atom. The highest BCUT2D eigenvalue weighted by Gasteiger charge is 2.48. The van der Waals surface area contributed by atoms with Crippen LogP contribution < -0.4 is 5.32 Å². The van der Waals surface area contributed by atoms with Crippen molar-refractivity contribution in [3.63, 3.8) is 0 Å². The SMILES string of the molecule is c1ccc(-c2ccc(-n3c4ccc(-c5ccc(Nc6ccc7ccccc7c6)c(-c6ccccc6)c5)cc4c4ccc5c(c43)C(c3ccccc3)(c3ccccc3)c3ccccc3-5)cc2)cc1. The van der Waals surface area contributed by atoms with Crippen molar-refractivity contribution in [3.05, 3.63) is 283 Å². The van der Waals surface area contributed by atoms with Crippen LogP contribution in [0.4, 0.5) is 11.4 Å². The Kier molecular flexibility index (Phi) is 9.11. The molecule has 0 saturated heterocycles. The Labute approximate surface area is 390 Å². The summed E-state index contributed by atoms with van der Waals surface area (Å²) in [4.78, 5) is 0. The number of nitrogens with zero attached hydrogens (tertiary/aromatic N) is 1.